The summed E-state index contributed by atoms with van der Waals surface area (Å²) in [7, 11) is 1.95. The van der Waals surface area contributed by atoms with Crippen LogP contribution in [0.2, 0.25) is 5.02 Å². The van der Waals surface area contributed by atoms with E-state index in [0.29, 0.717) is 30.6 Å². The van der Waals surface area contributed by atoms with Crippen LogP contribution in [0.15, 0.2) is 58.1 Å². The molecule has 2 bridgehead atoms. The molecule has 2 fully saturated rings. The maximum absolute atomic E-state index is 12.8. The van der Waals surface area contributed by atoms with E-state index in [1.54, 1.807) is 12.1 Å². The summed E-state index contributed by atoms with van der Waals surface area (Å²) >= 11 is 6.04. The first-order valence-corrected chi connectivity index (χ1v) is 13.8. The number of likely N-dealkylation sites (tertiary alicyclic amines) is 1. The zero-order valence-electron chi connectivity index (χ0n) is 21.7. The van der Waals surface area contributed by atoms with Gasteiger partial charge in [0.2, 0.25) is 5.43 Å². The normalized spacial score (nSPS) is 21.9. The minimum atomic E-state index is -0.318. The molecule has 2 atom stereocenters. The van der Waals surface area contributed by atoms with Gasteiger partial charge in [0.1, 0.15) is 0 Å². The van der Waals surface area contributed by atoms with Crippen LogP contribution in [0.25, 0.3) is 0 Å². The first kappa shape index (κ1) is 25.2. The Morgan fingerprint density at radius 3 is 2.45 bits per heavy atom. The molecule has 0 aliphatic carbocycles. The van der Waals surface area contributed by atoms with Crippen LogP contribution in [-0.2, 0) is 26.7 Å². The van der Waals surface area contributed by atoms with Crippen LogP contribution < -0.4 is 15.9 Å². The summed E-state index contributed by atoms with van der Waals surface area (Å²) in [6.07, 6.45) is 1.10. The lowest BCUT2D eigenvalue weighted by Gasteiger charge is -2.43. The first-order valence-electron chi connectivity index (χ1n) is 13.4. The molecule has 2 aromatic heterocycles. The van der Waals surface area contributed by atoms with Crippen molar-refractivity contribution in [2.45, 2.75) is 32.0 Å². The summed E-state index contributed by atoms with van der Waals surface area (Å²) in [4.78, 5) is 32.2. The number of fused-ring (bicyclic) bond motifs is 4. The summed E-state index contributed by atoms with van der Waals surface area (Å²) in [5, 5.41) is 11.5. The third-order valence-electron chi connectivity index (χ3n) is 8.52. The van der Waals surface area contributed by atoms with E-state index in [-0.39, 0.29) is 16.7 Å². The highest BCUT2D eigenvalue weighted by Gasteiger charge is 2.34. The van der Waals surface area contributed by atoms with Gasteiger partial charge in [-0.25, -0.2) is 0 Å². The molecule has 9 heteroatoms. The highest BCUT2D eigenvalue weighted by Crippen LogP contribution is 2.35. The molecule has 8 nitrogen and oxygen atoms in total. The second kappa shape index (κ2) is 10.2. The fourth-order valence-corrected chi connectivity index (χ4v) is 6.63. The minimum absolute atomic E-state index is 0.0882. The number of piperidine rings is 1. The largest absolute Gasteiger partial charge is 0.503 e. The predicted octanol–water partition coefficient (Wildman–Crippen LogP) is 2.85. The zero-order valence-corrected chi connectivity index (χ0v) is 22.5. The molecule has 6 rings (SSSR count). The van der Waals surface area contributed by atoms with Gasteiger partial charge in [-0.2, -0.15) is 0 Å². The number of anilines is 1. The van der Waals surface area contributed by atoms with Crippen molar-refractivity contribution in [1.29, 1.82) is 0 Å². The quantitative estimate of drug-likeness (QED) is 0.541. The number of benzene rings is 1. The number of pyridine rings is 2. The SMILES string of the molecule is Cn1c(CN2CC3CC(C2)c2cccc(=O)n2C3)cc(=O)c(O)c1CN1CCN(c2ccc(Cl)cc2)CC1. The fraction of sp³-hybridized carbons (Fsp3) is 0.448. The Balaban J connectivity index is 1.15. The summed E-state index contributed by atoms with van der Waals surface area (Å²) in [5.74, 6) is 0.592. The summed E-state index contributed by atoms with van der Waals surface area (Å²) in [6, 6.07) is 15.1. The van der Waals surface area contributed by atoms with Gasteiger partial charge in [-0.15, -0.1) is 0 Å². The number of hydrogen-bond donors (Lipinski definition) is 1. The maximum Gasteiger partial charge on any atom is 0.250 e. The Kier molecular flexibility index (Phi) is 6.80. The van der Waals surface area contributed by atoms with E-state index < -0.39 is 0 Å². The van der Waals surface area contributed by atoms with E-state index in [9.17, 15) is 14.7 Å². The lowest BCUT2D eigenvalue weighted by atomic mass is 9.83. The summed E-state index contributed by atoms with van der Waals surface area (Å²) in [5.41, 5.74) is 3.63. The van der Waals surface area contributed by atoms with E-state index in [1.807, 2.05) is 46.5 Å². The highest BCUT2D eigenvalue weighted by atomic mass is 35.5. The lowest BCUT2D eigenvalue weighted by Crippen LogP contribution is -2.47. The van der Waals surface area contributed by atoms with Gasteiger partial charge in [0.25, 0.3) is 5.56 Å². The van der Waals surface area contributed by atoms with E-state index in [0.717, 1.165) is 74.3 Å². The van der Waals surface area contributed by atoms with Gasteiger partial charge in [-0.1, -0.05) is 17.7 Å². The molecule has 0 saturated carbocycles. The second-order valence-corrected chi connectivity index (χ2v) is 11.4. The van der Waals surface area contributed by atoms with Crippen molar-refractivity contribution in [3.8, 4) is 5.75 Å². The lowest BCUT2D eigenvalue weighted by molar-refractivity contribution is 0.112. The Morgan fingerprint density at radius 1 is 0.921 bits per heavy atom. The molecule has 200 valence electrons. The van der Waals surface area contributed by atoms with Gasteiger partial charge in [-0.05, 0) is 42.7 Å². The minimum Gasteiger partial charge on any atom is -0.503 e. The van der Waals surface area contributed by atoms with E-state index in [2.05, 4.69) is 20.8 Å². The topological polar surface area (TPSA) is 73.9 Å². The van der Waals surface area contributed by atoms with E-state index in [4.69, 9.17) is 11.6 Å². The molecule has 3 aliphatic heterocycles. The summed E-state index contributed by atoms with van der Waals surface area (Å²) in [6.45, 7) is 7.11. The standard InChI is InChI=1S/C29H34ClN5O3/c1-31-24(18-33-15-20-13-21(17-33)25-3-2-4-28(37)35(25)16-20)14-27(36)29(38)26(31)19-32-9-11-34(12-10-32)23-7-5-22(30)6-8-23/h2-8,14,20-21,38H,9-13,15-19H2,1H3. The molecule has 5 heterocycles. The molecule has 38 heavy (non-hydrogen) atoms. The Labute approximate surface area is 227 Å². The van der Waals surface area contributed by atoms with Crippen molar-refractivity contribution in [1.82, 2.24) is 18.9 Å². The first-order chi connectivity index (χ1) is 18.4. The van der Waals surface area contributed by atoms with Gasteiger partial charge in [0, 0.05) is 106 Å². The number of hydrogen-bond acceptors (Lipinski definition) is 6. The highest BCUT2D eigenvalue weighted by molar-refractivity contribution is 6.30. The van der Waals surface area contributed by atoms with E-state index >= 15 is 0 Å². The van der Waals surface area contributed by atoms with Crippen LogP contribution in [0.1, 0.15) is 29.4 Å². The van der Waals surface area contributed by atoms with Crippen molar-refractivity contribution in [2.24, 2.45) is 13.0 Å². The van der Waals surface area contributed by atoms with Crippen molar-refractivity contribution in [2.75, 3.05) is 44.2 Å². The molecule has 0 spiro atoms. The van der Waals surface area contributed by atoms with Gasteiger partial charge < -0.3 is 19.1 Å². The molecule has 0 amide bonds. The number of halogens is 1. The van der Waals surface area contributed by atoms with Crippen molar-refractivity contribution < 1.29 is 5.11 Å². The monoisotopic (exact) mass is 535 g/mol. The van der Waals surface area contributed by atoms with Crippen molar-refractivity contribution >= 4 is 17.3 Å². The van der Waals surface area contributed by atoms with Gasteiger partial charge >= 0.3 is 0 Å². The van der Waals surface area contributed by atoms with Gasteiger partial charge in [0.15, 0.2) is 5.75 Å². The third kappa shape index (κ3) is 4.88. The molecule has 0 radical (unpaired) electrons. The van der Waals surface area contributed by atoms with Crippen LogP contribution in [0.3, 0.4) is 0 Å². The third-order valence-corrected chi connectivity index (χ3v) is 8.77. The second-order valence-electron chi connectivity index (χ2n) is 11.0. The summed E-state index contributed by atoms with van der Waals surface area (Å²) < 4.78 is 3.95. The molecule has 3 aliphatic rings. The van der Waals surface area contributed by atoms with Crippen LogP contribution >= 0.6 is 11.6 Å². The molecule has 1 aromatic carbocycles. The molecule has 3 aromatic rings. The molecule has 2 unspecified atom stereocenters. The average molecular weight is 536 g/mol. The van der Waals surface area contributed by atoms with Crippen LogP contribution in [0.4, 0.5) is 5.69 Å². The fourth-order valence-electron chi connectivity index (χ4n) is 6.51. The predicted molar refractivity (Wildman–Crippen MR) is 149 cm³/mol. The molecule has 1 N–H and O–H groups in total. The molecular weight excluding hydrogens is 502 g/mol. The van der Waals surface area contributed by atoms with Crippen LogP contribution in [0.5, 0.6) is 5.75 Å². The number of aromatic hydroxyl groups is 1. The van der Waals surface area contributed by atoms with Crippen molar-refractivity contribution in [3.05, 3.63) is 91.2 Å². The molecule has 2 saturated heterocycles. The number of piperazine rings is 1. The average Bonchev–Trinajstić information content (AvgIpc) is 2.91. The smallest absolute Gasteiger partial charge is 0.250 e. The van der Waals surface area contributed by atoms with E-state index in [1.165, 1.54) is 0 Å². The van der Waals surface area contributed by atoms with Crippen LogP contribution in [-0.4, -0.2) is 63.3 Å². The van der Waals surface area contributed by atoms with Gasteiger partial charge in [0.05, 0.1) is 5.69 Å². The van der Waals surface area contributed by atoms with Crippen LogP contribution in [0, 0.1) is 5.92 Å². The Bertz CT molecular complexity index is 1440. The Morgan fingerprint density at radius 2 is 1.68 bits per heavy atom. The maximum atomic E-state index is 12.8. The van der Waals surface area contributed by atoms with Gasteiger partial charge in [-0.3, -0.25) is 19.4 Å². The zero-order chi connectivity index (χ0) is 26.4. The van der Waals surface area contributed by atoms with Crippen molar-refractivity contribution in [3.63, 3.8) is 0 Å². The number of rotatable bonds is 5. The number of nitrogens with zero attached hydrogens (tertiary/aromatic N) is 5. The molecular formula is C29H34ClN5O3. The number of aromatic nitrogens is 2. The Hall–Kier alpha value is -3.07.